The van der Waals surface area contributed by atoms with Gasteiger partial charge in [-0.1, -0.05) is 19.1 Å². The van der Waals surface area contributed by atoms with Crippen LogP contribution in [-0.4, -0.2) is 29.2 Å². The first-order valence-electron chi connectivity index (χ1n) is 6.24. The highest BCUT2D eigenvalue weighted by atomic mass is 19.4. The third kappa shape index (κ3) is 3.28. The van der Waals surface area contributed by atoms with Gasteiger partial charge in [-0.05, 0) is 18.6 Å². The molecule has 7 heteroatoms. The van der Waals surface area contributed by atoms with Gasteiger partial charge in [-0.25, -0.2) is 4.98 Å². The Hall–Kier alpha value is -2.05. The molecular formula is C13H15F3N4. The van der Waals surface area contributed by atoms with Gasteiger partial charge in [-0.15, -0.1) is 0 Å². The second-order valence-corrected chi connectivity index (χ2v) is 4.46. The number of para-hydroxylation sites is 1. The van der Waals surface area contributed by atoms with Gasteiger partial charge in [0.15, 0.2) is 0 Å². The van der Waals surface area contributed by atoms with Crippen LogP contribution in [0, 0.1) is 0 Å². The van der Waals surface area contributed by atoms with Crippen LogP contribution in [0.15, 0.2) is 24.3 Å². The highest BCUT2D eigenvalue weighted by Crippen LogP contribution is 2.27. The number of nitrogens with zero attached hydrogens (tertiary/aromatic N) is 3. The molecule has 0 saturated heterocycles. The van der Waals surface area contributed by atoms with E-state index in [-0.39, 0.29) is 18.3 Å². The number of anilines is 2. The minimum absolute atomic E-state index is 0.0259. The normalized spacial score (nSPS) is 11.8. The molecule has 0 bridgehead atoms. The van der Waals surface area contributed by atoms with Crippen molar-refractivity contribution in [3.05, 3.63) is 24.3 Å². The molecule has 0 atom stereocenters. The van der Waals surface area contributed by atoms with Gasteiger partial charge in [0.1, 0.15) is 12.4 Å². The van der Waals surface area contributed by atoms with E-state index in [1.165, 1.54) is 4.90 Å². The molecule has 1 aromatic carbocycles. The number of halogens is 3. The maximum Gasteiger partial charge on any atom is 0.405 e. The second kappa shape index (κ2) is 5.52. The van der Waals surface area contributed by atoms with E-state index in [0.717, 1.165) is 0 Å². The minimum Gasteiger partial charge on any atom is -0.368 e. The molecule has 108 valence electrons. The van der Waals surface area contributed by atoms with Crippen LogP contribution in [0.2, 0.25) is 0 Å². The summed E-state index contributed by atoms with van der Waals surface area (Å²) in [4.78, 5) is 9.23. The van der Waals surface area contributed by atoms with Gasteiger partial charge < -0.3 is 10.6 Å². The minimum atomic E-state index is -4.30. The fourth-order valence-electron chi connectivity index (χ4n) is 2.06. The third-order valence-electron chi connectivity index (χ3n) is 2.76. The predicted octanol–water partition coefficient (Wildman–Crippen LogP) is 2.99. The van der Waals surface area contributed by atoms with Gasteiger partial charge >= 0.3 is 6.18 Å². The van der Waals surface area contributed by atoms with Crippen molar-refractivity contribution in [1.82, 2.24) is 9.97 Å². The molecule has 0 spiro atoms. The molecule has 0 amide bonds. The number of alkyl halides is 3. The van der Waals surface area contributed by atoms with E-state index < -0.39 is 12.7 Å². The largest absolute Gasteiger partial charge is 0.405 e. The van der Waals surface area contributed by atoms with Crippen LogP contribution in [0.5, 0.6) is 0 Å². The summed E-state index contributed by atoms with van der Waals surface area (Å²) in [5.41, 5.74) is 6.13. The van der Waals surface area contributed by atoms with Crippen LogP contribution < -0.4 is 10.6 Å². The standard InChI is InChI=1S/C13H15F3N4/c1-2-7-20(8-13(14,15)16)11-9-5-3-4-6-10(9)18-12(17)19-11/h3-6H,2,7-8H2,1H3,(H2,17,18,19). The number of nitrogens with two attached hydrogens (primary N) is 1. The summed E-state index contributed by atoms with van der Waals surface area (Å²) in [5, 5.41) is 0.569. The third-order valence-corrected chi connectivity index (χ3v) is 2.76. The molecule has 2 rings (SSSR count). The van der Waals surface area contributed by atoms with Crippen molar-refractivity contribution < 1.29 is 13.2 Å². The molecule has 2 N–H and O–H groups in total. The van der Waals surface area contributed by atoms with Gasteiger partial charge in [0.25, 0.3) is 0 Å². The van der Waals surface area contributed by atoms with Gasteiger partial charge in [0, 0.05) is 11.9 Å². The maximum absolute atomic E-state index is 12.7. The Labute approximate surface area is 114 Å². The number of fused-ring (bicyclic) bond motifs is 1. The lowest BCUT2D eigenvalue weighted by molar-refractivity contribution is -0.119. The molecule has 0 radical (unpaired) electrons. The average molecular weight is 284 g/mol. The maximum atomic E-state index is 12.7. The van der Waals surface area contributed by atoms with Crippen LogP contribution in [0.1, 0.15) is 13.3 Å². The summed E-state index contributed by atoms with van der Waals surface area (Å²) in [6.45, 7) is 1.01. The summed E-state index contributed by atoms with van der Waals surface area (Å²) < 4.78 is 38.1. The van der Waals surface area contributed by atoms with Crippen LogP contribution in [0.3, 0.4) is 0 Å². The molecule has 0 fully saturated rings. The number of aromatic nitrogens is 2. The Bertz CT molecular complexity index is 598. The van der Waals surface area contributed by atoms with Crippen molar-refractivity contribution in [2.24, 2.45) is 0 Å². The van der Waals surface area contributed by atoms with E-state index in [0.29, 0.717) is 17.3 Å². The molecule has 1 heterocycles. The van der Waals surface area contributed by atoms with E-state index in [4.69, 9.17) is 5.73 Å². The fraction of sp³-hybridized carbons (Fsp3) is 0.385. The quantitative estimate of drug-likeness (QED) is 0.937. The number of hydrogen-bond donors (Lipinski definition) is 1. The van der Waals surface area contributed by atoms with Crippen molar-refractivity contribution in [3.8, 4) is 0 Å². The van der Waals surface area contributed by atoms with E-state index in [1.54, 1.807) is 24.3 Å². The zero-order valence-electron chi connectivity index (χ0n) is 11.0. The lowest BCUT2D eigenvalue weighted by Crippen LogP contribution is -2.35. The molecule has 2 aromatic rings. The van der Waals surface area contributed by atoms with Crippen LogP contribution >= 0.6 is 0 Å². The topological polar surface area (TPSA) is 55.0 Å². The molecule has 0 saturated carbocycles. The Morgan fingerprint density at radius 2 is 1.90 bits per heavy atom. The number of benzene rings is 1. The molecule has 0 aliphatic heterocycles. The lowest BCUT2D eigenvalue weighted by atomic mass is 10.2. The molecule has 1 aromatic heterocycles. The van der Waals surface area contributed by atoms with Gasteiger partial charge in [-0.2, -0.15) is 18.2 Å². The lowest BCUT2D eigenvalue weighted by Gasteiger charge is -2.25. The van der Waals surface area contributed by atoms with E-state index in [2.05, 4.69) is 9.97 Å². The summed E-state index contributed by atoms with van der Waals surface area (Å²) in [7, 11) is 0. The highest BCUT2D eigenvalue weighted by molar-refractivity contribution is 5.90. The van der Waals surface area contributed by atoms with Crippen molar-refractivity contribution in [2.75, 3.05) is 23.7 Å². The van der Waals surface area contributed by atoms with Crippen LogP contribution in [0.4, 0.5) is 24.9 Å². The summed E-state index contributed by atoms with van der Waals surface area (Å²) in [6.07, 6.45) is -3.72. The van der Waals surface area contributed by atoms with E-state index in [9.17, 15) is 13.2 Å². The Kier molecular flexibility index (Phi) is 3.96. The zero-order valence-corrected chi connectivity index (χ0v) is 11.0. The first kappa shape index (κ1) is 14.4. The molecule has 0 aliphatic rings. The molecule has 4 nitrogen and oxygen atoms in total. The zero-order chi connectivity index (χ0) is 14.8. The van der Waals surface area contributed by atoms with Crippen molar-refractivity contribution in [3.63, 3.8) is 0 Å². The predicted molar refractivity (Wildman–Crippen MR) is 72.5 cm³/mol. The molecule has 20 heavy (non-hydrogen) atoms. The monoisotopic (exact) mass is 284 g/mol. The summed E-state index contributed by atoms with van der Waals surface area (Å²) in [6, 6.07) is 6.90. The van der Waals surface area contributed by atoms with Crippen molar-refractivity contribution in [2.45, 2.75) is 19.5 Å². The number of hydrogen-bond acceptors (Lipinski definition) is 4. The fourth-order valence-corrected chi connectivity index (χ4v) is 2.06. The van der Waals surface area contributed by atoms with Gasteiger partial charge in [-0.3, -0.25) is 0 Å². The van der Waals surface area contributed by atoms with Crippen molar-refractivity contribution >= 4 is 22.7 Å². The van der Waals surface area contributed by atoms with Gasteiger partial charge in [0.05, 0.1) is 5.52 Å². The smallest absolute Gasteiger partial charge is 0.368 e. The number of rotatable bonds is 4. The Morgan fingerprint density at radius 3 is 2.55 bits per heavy atom. The van der Waals surface area contributed by atoms with Gasteiger partial charge in [0.2, 0.25) is 5.95 Å². The molecule has 0 aliphatic carbocycles. The molecular weight excluding hydrogens is 269 g/mol. The summed E-state index contributed by atoms with van der Waals surface area (Å²) >= 11 is 0. The van der Waals surface area contributed by atoms with Crippen molar-refractivity contribution in [1.29, 1.82) is 0 Å². The second-order valence-electron chi connectivity index (χ2n) is 4.46. The Morgan fingerprint density at radius 1 is 1.20 bits per heavy atom. The summed E-state index contributed by atoms with van der Waals surface area (Å²) in [5.74, 6) is 0.203. The average Bonchev–Trinajstić information content (AvgIpc) is 2.35. The number of nitrogen functional groups attached to an aromatic ring is 1. The highest BCUT2D eigenvalue weighted by Gasteiger charge is 2.31. The Balaban J connectivity index is 2.52. The van der Waals surface area contributed by atoms with E-state index >= 15 is 0 Å². The molecule has 0 unspecified atom stereocenters. The van der Waals surface area contributed by atoms with E-state index in [1.807, 2.05) is 6.92 Å². The SMILES string of the molecule is CCCN(CC(F)(F)F)c1nc(N)nc2ccccc12. The van der Waals surface area contributed by atoms with Crippen LogP contribution in [-0.2, 0) is 0 Å². The first-order valence-corrected chi connectivity index (χ1v) is 6.24. The first-order chi connectivity index (χ1) is 9.40. The van der Waals surface area contributed by atoms with Crippen LogP contribution in [0.25, 0.3) is 10.9 Å².